The lowest BCUT2D eigenvalue weighted by Crippen LogP contribution is -2.62. The molecule has 0 unspecified atom stereocenters. The number of halogens is 1. The van der Waals surface area contributed by atoms with Gasteiger partial charge in [-0.3, -0.25) is 4.90 Å². The molecule has 4 aliphatic rings. The summed E-state index contributed by atoms with van der Waals surface area (Å²) in [6, 6.07) is 5.97. The highest BCUT2D eigenvalue weighted by atomic mass is 19.1. The number of piperidine rings is 1. The quantitative estimate of drug-likeness (QED) is 0.677. The third-order valence-corrected chi connectivity index (χ3v) is 7.64. The number of rotatable bonds is 5. The van der Waals surface area contributed by atoms with Crippen molar-refractivity contribution in [2.45, 2.75) is 55.8 Å². The monoisotopic (exact) mass is 458 g/mol. The summed E-state index contributed by atoms with van der Waals surface area (Å²) in [6.07, 6.45) is 6.44. The molecule has 0 aliphatic carbocycles. The molecule has 4 fully saturated rings. The summed E-state index contributed by atoms with van der Waals surface area (Å²) in [5.41, 5.74) is 0.912. The third-order valence-electron chi connectivity index (χ3n) is 7.64. The van der Waals surface area contributed by atoms with Crippen LogP contribution in [0.5, 0.6) is 5.75 Å². The van der Waals surface area contributed by atoms with Gasteiger partial charge in [0.1, 0.15) is 23.3 Å². The summed E-state index contributed by atoms with van der Waals surface area (Å²) >= 11 is 0. The Balaban J connectivity index is 1.05. The lowest BCUT2D eigenvalue weighted by Gasteiger charge is -2.46. The Morgan fingerprint density at radius 3 is 2.76 bits per heavy atom. The first-order valence-corrected chi connectivity index (χ1v) is 12.1. The molecule has 0 saturated carbocycles. The van der Waals surface area contributed by atoms with Crippen molar-refractivity contribution in [3.8, 4) is 5.75 Å². The van der Waals surface area contributed by atoms with Crippen LogP contribution in [-0.4, -0.2) is 78.8 Å². The Bertz CT molecular complexity index is 938. The molecule has 0 N–H and O–H groups in total. The number of hydrogen-bond donors (Lipinski definition) is 0. The Kier molecular flexibility index (Phi) is 5.72. The first kappa shape index (κ1) is 21.3. The minimum Gasteiger partial charge on any atom is -0.488 e. The van der Waals surface area contributed by atoms with Crippen LogP contribution >= 0.6 is 0 Å². The highest BCUT2D eigenvalue weighted by Gasteiger charge is 2.52. The number of hydrogen-bond acceptors (Lipinski definition) is 8. The zero-order valence-corrected chi connectivity index (χ0v) is 18.8. The molecule has 8 nitrogen and oxygen atoms in total. The highest BCUT2D eigenvalue weighted by Crippen LogP contribution is 2.41. The first-order valence-electron chi connectivity index (χ1n) is 12.1. The number of anilines is 1. The van der Waals surface area contributed by atoms with E-state index >= 15 is 0 Å². The van der Waals surface area contributed by atoms with Crippen LogP contribution in [0.3, 0.4) is 0 Å². The summed E-state index contributed by atoms with van der Waals surface area (Å²) in [7, 11) is 0. The van der Waals surface area contributed by atoms with Gasteiger partial charge in [0.05, 0.1) is 26.3 Å². The van der Waals surface area contributed by atoms with Gasteiger partial charge >= 0.3 is 6.01 Å². The number of likely N-dealkylation sites (tertiary alicyclic amines) is 1. The molecule has 5 heterocycles. The number of benzene rings is 1. The molecular formula is C24H31FN4O4. The van der Waals surface area contributed by atoms with Crippen molar-refractivity contribution in [1.82, 2.24) is 15.1 Å². The molecule has 33 heavy (non-hydrogen) atoms. The average Bonchev–Trinajstić information content (AvgIpc) is 3.51. The van der Waals surface area contributed by atoms with Crippen molar-refractivity contribution in [3.63, 3.8) is 0 Å². The lowest BCUT2D eigenvalue weighted by atomic mass is 9.86. The van der Waals surface area contributed by atoms with E-state index in [-0.39, 0.29) is 17.5 Å². The minimum absolute atomic E-state index is 0.0593. The van der Waals surface area contributed by atoms with E-state index in [1.54, 1.807) is 12.1 Å². The van der Waals surface area contributed by atoms with E-state index in [2.05, 4.69) is 20.0 Å². The van der Waals surface area contributed by atoms with Crippen LogP contribution < -0.4 is 9.64 Å². The standard InChI is InChI=1S/C24H31FN4O4/c25-18-3-4-22(33-20-2-1-9-30-13-20)21(10-18)17-5-7-28(8-6-17)19-11-24(32-12-19)14-29(15-24)23-27-26-16-31-23/h3-4,10,16-17,19-20H,1-2,5-9,11-15H2/t19-,20+/m0/s1. The summed E-state index contributed by atoms with van der Waals surface area (Å²) in [6.45, 7) is 5.76. The van der Waals surface area contributed by atoms with Gasteiger partial charge in [-0.25, -0.2) is 4.39 Å². The van der Waals surface area contributed by atoms with Crippen molar-refractivity contribution >= 4 is 6.01 Å². The second-order valence-electron chi connectivity index (χ2n) is 9.88. The molecule has 178 valence electrons. The Hall–Kier alpha value is -2.23. The van der Waals surface area contributed by atoms with Crippen LogP contribution in [0.1, 0.15) is 43.6 Å². The van der Waals surface area contributed by atoms with Crippen LogP contribution in [0.15, 0.2) is 29.0 Å². The van der Waals surface area contributed by atoms with Gasteiger partial charge in [-0.05, 0) is 69.3 Å². The second-order valence-corrected chi connectivity index (χ2v) is 9.88. The summed E-state index contributed by atoms with van der Waals surface area (Å²) in [5, 5.41) is 7.75. The van der Waals surface area contributed by atoms with Gasteiger partial charge < -0.3 is 23.5 Å². The third kappa shape index (κ3) is 4.34. The van der Waals surface area contributed by atoms with Crippen molar-refractivity contribution < 1.29 is 23.0 Å². The van der Waals surface area contributed by atoms with Crippen LogP contribution in [-0.2, 0) is 9.47 Å². The number of ether oxygens (including phenoxy) is 3. The van der Waals surface area contributed by atoms with Crippen molar-refractivity contribution in [1.29, 1.82) is 0 Å². The SMILES string of the molecule is Fc1ccc(O[C@@H]2CCCOC2)c(C2CCN([C@@H]3COC4(C3)CN(c3nnco3)C4)CC2)c1. The van der Waals surface area contributed by atoms with Crippen LogP contribution in [0.2, 0.25) is 0 Å². The molecule has 1 spiro atoms. The predicted molar refractivity (Wildman–Crippen MR) is 118 cm³/mol. The fourth-order valence-corrected chi connectivity index (χ4v) is 5.87. The number of nitrogens with zero attached hydrogens (tertiary/aromatic N) is 4. The van der Waals surface area contributed by atoms with Gasteiger partial charge in [0.15, 0.2) is 0 Å². The normalized spacial score (nSPS) is 28.2. The van der Waals surface area contributed by atoms with Gasteiger partial charge in [-0.2, -0.15) is 0 Å². The molecule has 6 rings (SSSR count). The van der Waals surface area contributed by atoms with E-state index in [4.69, 9.17) is 18.6 Å². The molecule has 0 radical (unpaired) electrons. The smallest absolute Gasteiger partial charge is 0.318 e. The molecule has 4 aliphatic heterocycles. The molecule has 1 aromatic heterocycles. The molecule has 1 aromatic carbocycles. The zero-order chi connectivity index (χ0) is 22.3. The van der Waals surface area contributed by atoms with Gasteiger partial charge in [0.2, 0.25) is 6.39 Å². The van der Waals surface area contributed by atoms with Crippen LogP contribution in [0.4, 0.5) is 10.4 Å². The van der Waals surface area contributed by atoms with Crippen molar-refractivity contribution in [2.75, 3.05) is 50.9 Å². The molecule has 9 heteroatoms. The van der Waals surface area contributed by atoms with E-state index < -0.39 is 0 Å². The Morgan fingerprint density at radius 1 is 1.12 bits per heavy atom. The largest absolute Gasteiger partial charge is 0.488 e. The molecule has 4 saturated heterocycles. The van der Waals surface area contributed by atoms with E-state index in [0.717, 1.165) is 82.8 Å². The van der Waals surface area contributed by atoms with Crippen LogP contribution in [0, 0.1) is 5.82 Å². The molecule has 2 aromatic rings. The minimum atomic E-state index is -0.193. The van der Waals surface area contributed by atoms with E-state index in [0.29, 0.717) is 24.6 Å². The molecular weight excluding hydrogens is 427 g/mol. The average molecular weight is 459 g/mol. The summed E-state index contributed by atoms with van der Waals surface area (Å²) in [4.78, 5) is 4.62. The summed E-state index contributed by atoms with van der Waals surface area (Å²) < 4.78 is 37.5. The maximum atomic E-state index is 14.1. The molecule has 2 atom stereocenters. The van der Waals surface area contributed by atoms with Gasteiger partial charge in [0.25, 0.3) is 0 Å². The second kappa shape index (κ2) is 8.85. The number of aromatic nitrogens is 2. The molecule has 0 bridgehead atoms. The van der Waals surface area contributed by atoms with Crippen LogP contribution in [0.25, 0.3) is 0 Å². The van der Waals surface area contributed by atoms with Gasteiger partial charge in [0, 0.05) is 18.2 Å². The van der Waals surface area contributed by atoms with Crippen molar-refractivity contribution in [3.05, 3.63) is 36.0 Å². The fraction of sp³-hybridized carbons (Fsp3) is 0.667. The first-order chi connectivity index (χ1) is 16.2. The highest BCUT2D eigenvalue weighted by molar-refractivity contribution is 5.38. The maximum Gasteiger partial charge on any atom is 0.318 e. The fourth-order valence-electron chi connectivity index (χ4n) is 5.87. The summed E-state index contributed by atoms with van der Waals surface area (Å²) in [5.74, 6) is 0.940. The maximum absolute atomic E-state index is 14.1. The van der Waals surface area contributed by atoms with E-state index in [1.807, 2.05) is 0 Å². The van der Waals surface area contributed by atoms with E-state index in [1.165, 1.54) is 12.5 Å². The van der Waals surface area contributed by atoms with E-state index in [9.17, 15) is 4.39 Å². The Labute approximate surface area is 193 Å². The zero-order valence-electron chi connectivity index (χ0n) is 18.8. The van der Waals surface area contributed by atoms with Gasteiger partial charge in [-0.15, -0.1) is 5.10 Å². The topological polar surface area (TPSA) is 73.1 Å². The Morgan fingerprint density at radius 2 is 2.00 bits per heavy atom. The molecule has 0 amide bonds. The van der Waals surface area contributed by atoms with Gasteiger partial charge in [-0.1, -0.05) is 5.10 Å². The lowest BCUT2D eigenvalue weighted by molar-refractivity contribution is -0.0216. The van der Waals surface area contributed by atoms with Crippen molar-refractivity contribution in [2.24, 2.45) is 0 Å². The predicted octanol–water partition coefficient (Wildman–Crippen LogP) is 2.99.